The van der Waals surface area contributed by atoms with Gasteiger partial charge in [-0.05, 0) is 25.7 Å². The highest BCUT2D eigenvalue weighted by Gasteiger charge is 2.43. The van der Waals surface area contributed by atoms with E-state index in [0.717, 1.165) is 0 Å². The summed E-state index contributed by atoms with van der Waals surface area (Å²) in [4.78, 5) is 25.1. The number of piperidine rings is 1. The largest absolute Gasteiger partial charge is 0.481 e. The topological polar surface area (TPSA) is 66.8 Å². The molecule has 1 aliphatic rings. The molecule has 1 N–H and O–H groups in total. The fourth-order valence-electron chi connectivity index (χ4n) is 2.78. The minimum atomic E-state index is -0.841. The molecule has 19 heavy (non-hydrogen) atoms. The van der Waals surface area contributed by atoms with E-state index in [1.165, 1.54) is 6.08 Å². The van der Waals surface area contributed by atoms with E-state index in [9.17, 15) is 14.7 Å². The molecule has 0 aliphatic carbocycles. The van der Waals surface area contributed by atoms with Gasteiger partial charge in [-0.3, -0.25) is 4.79 Å². The van der Waals surface area contributed by atoms with Crippen molar-refractivity contribution in [1.82, 2.24) is 4.90 Å². The van der Waals surface area contributed by atoms with Crippen LogP contribution in [0.5, 0.6) is 0 Å². The first-order valence-electron chi connectivity index (χ1n) is 6.69. The minimum absolute atomic E-state index is 0.000292. The molecule has 108 valence electrons. The van der Waals surface area contributed by atoms with Crippen LogP contribution in [0.1, 0.15) is 33.6 Å². The Morgan fingerprint density at radius 3 is 2.58 bits per heavy atom. The smallest absolute Gasteiger partial charge is 0.410 e. The van der Waals surface area contributed by atoms with Crippen LogP contribution < -0.4 is 0 Å². The summed E-state index contributed by atoms with van der Waals surface area (Å²) in [6.07, 6.45) is 2.34. The van der Waals surface area contributed by atoms with Crippen molar-refractivity contribution < 1.29 is 19.4 Å². The molecule has 1 heterocycles. The number of amides is 1. The van der Waals surface area contributed by atoms with Crippen LogP contribution >= 0.6 is 0 Å². The quantitative estimate of drug-likeness (QED) is 0.796. The number of ether oxygens (including phenoxy) is 1. The van der Waals surface area contributed by atoms with Gasteiger partial charge in [-0.25, -0.2) is 4.79 Å². The van der Waals surface area contributed by atoms with Gasteiger partial charge in [0.2, 0.25) is 0 Å². The molecule has 1 saturated heterocycles. The standard InChI is InChI=1S/C14H23NO4/c1-5-8-19-14(18)15-10(4)6-7-11(13(16)17)12(15)9(2)3/h5,9-12H,1,6-8H2,2-4H3,(H,16,17). The van der Waals surface area contributed by atoms with Crippen LogP contribution in [-0.2, 0) is 9.53 Å². The number of aliphatic carboxylic acids is 1. The van der Waals surface area contributed by atoms with E-state index >= 15 is 0 Å². The van der Waals surface area contributed by atoms with Crippen molar-refractivity contribution in [3.63, 3.8) is 0 Å². The molecule has 5 heteroatoms. The van der Waals surface area contributed by atoms with Gasteiger partial charge < -0.3 is 14.7 Å². The van der Waals surface area contributed by atoms with Crippen LogP contribution in [-0.4, -0.2) is 40.8 Å². The monoisotopic (exact) mass is 269 g/mol. The lowest BCUT2D eigenvalue weighted by Crippen LogP contribution is -2.56. The number of nitrogens with zero attached hydrogens (tertiary/aromatic N) is 1. The third kappa shape index (κ3) is 3.49. The summed E-state index contributed by atoms with van der Waals surface area (Å²) in [5.41, 5.74) is 0. The van der Waals surface area contributed by atoms with Gasteiger partial charge in [0.15, 0.2) is 0 Å². The summed E-state index contributed by atoms with van der Waals surface area (Å²) in [6.45, 7) is 9.45. The van der Waals surface area contributed by atoms with E-state index < -0.39 is 18.0 Å². The molecule has 3 unspecified atom stereocenters. The van der Waals surface area contributed by atoms with Gasteiger partial charge in [-0.1, -0.05) is 26.5 Å². The predicted molar refractivity (Wildman–Crippen MR) is 71.8 cm³/mol. The molecule has 0 aromatic heterocycles. The maximum absolute atomic E-state index is 12.1. The lowest BCUT2D eigenvalue weighted by molar-refractivity contribution is -0.147. The third-order valence-electron chi connectivity index (χ3n) is 3.64. The Bertz CT molecular complexity index is 353. The fraction of sp³-hybridized carbons (Fsp3) is 0.714. The Hall–Kier alpha value is -1.52. The predicted octanol–water partition coefficient (Wildman–Crippen LogP) is 2.52. The van der Waals surface area contributed by atoms with E-state index in [4.69, 9.17) is 4.74 Å². The van der Waals surface area contributed by atoms with E-state index in [1.807, 2.05) is 20.8 Å². The normalized spacial score (nSPS) is 27.2. The number of rotatable bonds is 4. The van der Waals surface area contributed by atoms with Gasteiger partial charge in [0, 0.05) is 6.04 Å². The average Bonchev–Trinajstić information content (AvgIpc) is 2.34. The Balaban J connectivity index is 2.96. The number of carboxylic acid groups (broad SMARTS) is 1. The molecule has 0 bridgehead atoms. The number of likely N-dealkylation sites (tertiary alicyclic amines) is 1. The van der Waals surface area contributed by atoms with E-state index in [2.05, 4.69) is 6.58 Å². The number of hydrogen-bond donors (Lipinski definition) is 1. The molecular formula is C14H23NO4. The average molecular weight is 269 g/mol. The number of carbonyl (C=O) groups excluding carboxylic acids is 1. The molecule has 0 saturated carbocycles. The van der Waals surface area contributed by atoms with Crippen LogP contribution in [0.2, 0.25) is 0 Å². The molecular weight excluding hydrogens is 246 g/mol. The highest BCUT2D eigenvalue weighted by atomic mass is 16.6. The van der Waals surface area contributed by atoms with Crippen molar-refractivity contribution >= 4 is 12.1 Å². The second-order valence-corrected chi connectivity index (χ2v) is 5.38. The molecule has 0 spiro atoms. The second-order valence-electron chi connectivity index (χ2n) is 5.38. The van der Waals surface area contributed by atoms with Crippen molar-refractivity contribution in [2.24, 2.45) is 11.8 Å². The minimum Gasteiger partial charge on any atom is -0.481 e. The van der Waals surface area contributed by atoms with E-state index in [-0.39, 0.29) is 24.6 Å². The van der Waals surface area contributed by atoms with Crippen LogP contribution in [0.15, 0.2) is 12.7 Å². The summed E-state index contributed by atoms with van der Waals surface area (Å²) in [5.74, 6) is -1.29. The molecule has 1 fully saturated rings. The van der Waals surface area contributed by atoms with Crippen molar-refractivity contribution in [3.05, 3.63) is 12.7 Å². The van der Waals surface area contributed by atoms with Crippen LogP contribution in [0.3, 0.4) is 0 Å². The molecule has 1 aliphatic heterocycles. The van der Waals surface area contributed by atoms with Crippen LogP contribution in [0.25, 0.3) is 0 Å². The second kappa shape index (κ2) is 6.59. The molecule has 0 radical (unpaired) electrons. The van der Waals surface area contributed by atoms with Gasteiger partial charge >= 0.3 is 12.1 Å². The van der Waals surface area contributed by atoms with Gasteiger partial charge in [0.05, 0.1) is 12.0 Å². The number of carbonyl (C=O) groups is 2. The van der Waals surface area contributed by atoms with Crippen molar-refractivity contribution in [2.75, 3.05) is 6.61 Å². The van der Waals surface area contributed by atoms with Gasteiger partial charge in [-0.2, -0.15) is 0 Å². The van der Waals surface area contributed by atoms with E-state index in [0.29, 0.717) is 12.8 Å². The highest BCUT2D eigenvalue weighted by molar-refractivity contribution is 5.74. The zero-order chi connectivity index (χ0) is 14.6. The lowest BCUT2D eigenvalue weighted by atomic mass is 9.80. The SMILES string of the molecule is C=CCOC(=O)N1C(C)CCC(C(=O)O)C1C(C)C. The summed E-state index contributed by atoms with van der Waals surface area (Å²) in [6, 6.07) is -0.320. The summed E-state index contributed by atoms with van der Waals surface area (Å²) in [7, 11) is 0. The van der Waals surface area contributed by atoms with E-state index in [1.54, 1.807) is 4.90 Å². The van der Waals surface area contributed by atoms with Crippen LogP contribution in [0, 0.1) is 11.8 Å². The van der Waals surface area contributed by atoms with Gasteiger partial charge in [0.1, 0.15) is 6.61 Å². The van der Waals surface area contributed by atoms with Crippen LogP contribution in [0.4, 0.5) is 4.79 Å². The zero-order valence-electron chi connectivity index (χ0n) is 11.8. The highest BCUT2D eigenvalue weighted by Crippen LogP contribution is 2.33. The third-order valence-corrected chi connectivity index (χ3v) is 3.64. The first-order chi connectivity index (χ1) is 8.90. The Morgan fingerprint density at radius 1 is 1.47 bits per heavy atom. The summed E-state index contributed by atoms with van der Waals surface area (Å²) >= 11 is 0. The lowest BCUT2D eigenvalue weighted by Gasteiger charge is -2.45. The molecule has 0 aromatic rings. The van der Waals surface area contributed by atoms with Crippen molar-refractivity contribution in [1.29, 1.82) is 0 Å². The Labute approximate surface area is 114 Å². The summed E-state index contributed by atoms with van der Waals surface area (Å²) < 4.78 is 5.09. The Kier molecular flexibility index (Phi) is 5.39. The maximum Gasteiger partial charge on any atom is 0.410 e. The molecule has 1 amide bonds. The number of hydrogen-bond acceptors (Lipinski definition) is 3. The number of carboxylic acids is 1. The van der Waals surface area contributed by atoms with Gasteiger partial charge in [0.25, 0.3) is 0 Å². The first kappa shape index (κ1) is 15.5. The van der Waals surface area contributed by atoms with Crippen molar-refractivity contribution in [2.45, 2.75) is 45.7 Å². The van der Waals surface area contributed by atoms with Crippen molar-refractivity contribution in [3.8, 4) is 0 Å². The molecule has 0 aromatic carbocycles. The Morgan fingerprint density at radius 2 is 2.11 bits per heavy atom. The molecule has 1 rings (SSSR count). The fourth-order valence-corrected chi connectivity index (χ4v) is 2.78. The summed E-state index contributed by atoms with van der Waals surface area (Å²) in [5, 5.41) is 9.32. The maximum atomic E-state index is 12.1. The molecule has 3 atom stereocenters. The zero-order valence-corrected chi connectivity index (χ0v) is 11.8. The molecule has 5 nitrogen and oxygen atoms in total. The van der Waals surface area contributed by atoms with Gasteiger partial charge in [-0.15, -0.1) is 0 Å². The first-order valence-corrected chi connectivity index (χ1v) is 6.69.